The van der Waals surface area contributed by atoms with Gasteiger partial charge in [0.25, 0.3) is 0 Å². The highest BCUT2D eigenvalue weighted by Crippen LogP contribution is 2.52. The molecule has 0 spiro atoms. The molecular formula is C72H76BN3O. The molecule has 388 valence electrons. The van der Waals surface area contributed by atoms with E-state index in [4.69, 9.17) is 4.42 Å². The molecule has 12 rings (SSSR count). The molecule has 1 aliphatic carbocycles. The zero-order valence-corrected chi connectivity index (χ0v) is 48.1. The van der Waals surface area contributed by atoms with E-state index in [9.17, 15) is 0 Å². The van der Waals surface area contributed by atoms with Gasteiger partial charge < -0.3 is 19.0 Å². The molecule has 0 saturated heterocycles. The van der Waals surface area contributed by atoms with Crippen LogP contribution in [0.4, 0.5) is 39.8 Å². The first kappa shape index (κ1) is 50.6. The summed E-state index contributed by atoms with van der Waals surface area (Å²) in [6.07, 6.45) is 2.30. The molecule has 1 aromatic heterocycles. The van der Waals surface area contributed by atoms with Gasteiger partial charge in [0.2, 0.25) is 0 Å². The highest BCUT2D eigenvalue weighted by Gasteiger charge is 2.49. The maximum Gasteiger partial charge on any atom is 0.375 e. The van der Waals surface area contributed by atoms with E-state index < -0.39 is 0 Å². The summed E-state index contributed by atoms with van der Waals surface area (Å²) in [6.45, 7) is 33.1. The van der Waals surface area contributed by atoms with E-state index in [1.807, 2.05) is 0 Å². The number of hydrogen-bond donors (Lipinski definition) is 0. The van der Waals surface area contributed by atoms with Gasteiger partial charge in [0.05, 0.1) is 5.69 Å². The van der Waals surface area contributed by atoms with Crippen LogP contribution in [0.5, 0.6) is 0 Å². The van der Waals surface area contributed by atoms with Crippen LogP contribution in [0.25, 0.3) is 33.2 Å². The van der Waals surface area contributed by atoms with Crippen LogP contribution in [0.15, 0.2) is 174 Å². The van der Waals surface area contributed by atoms with Gasteiger partial charge in [-0.1, -0.05) is 187 Å². The molecule has 3 heterocycles. The minimum Gasteiger partial charge on any atom is -0.466 e. The van der Waals surface area contributed by atoms with Crippen molar-refractivity contribution in [2.24, 2.45) is 0 Å². The average Bonchev–Trinajstić information content (AvgIpc) is 3.94. The first-order chi connectivity index (χ1) is 36.5. The van der Waals surface area contributed by atoms with Crippen molar-refractivity contribution in [1.82, 2.24) is 0 Å². The summed E-state index contributed by atoms with van der Waals surface area (Å²) in [5.74, 6) is 0. The Morgan fingerprint density at radius 3 is 1.74 bits per heavy atom. The molecular weight excluding hydrogens is 934 g/mol. The number of para-hydroxylation sites is 1. The molecule has 0 N–H and O–H groups in total. The summed E-state index contributed by atoms with van der Waals surface area (Å²) in [4.78, 5) is 7.70. The van der Waals surface area contributed by atoms with Gasteiger partial charge in [-0.25, -0.2) is 0 Å². The molecule has 0 radical (unpaired) electrons. The normalized spacial score (nSPS) is 15.5. The molecule has 77 heavy (non-hydrogen) atoms. The Labute approximate surface area is 459 Å². The smallest absolute Gasteiger partial charge is 0.375 e. The summed E-state index contributed by atoms with van der Waals surface area (Å²) in [6, 6.07) is 64.9. The van der Waals surface area contributed by atoms with Gasteiger partial charge in [-0.3, -0.25) is 0 Å². The lowest BCUT2D eigenvalue weighted by Gasteiger charge is -2.46. The number of anilines is 7. The first-order valence-electron chi connectivity index (χ1n) is 28.2. The van der Waals surface area contributed by atoms with Crippen molar-refractivity contribution in [1.29, 1.82) is 0 Å². The summed E-state index contributed by atoms with van der Waals surface area (Å²) < 4.78 is 7.42. The molecule has 0 saturated carbocycles. The molecule has 0 bridgehead atoms. The van der Waals surface area contributed by atoms with Gasteiger partial charge in [-0.15, -0.1) is 0 Å². The SMILES string of the molecule is Cc1cc2c3c(c1)N(Cc1ccc(C(C)(C)C)cc1-c1ccccc1)c1c(oc4ccccc14)B3N(c1ccc3c(c1)C(C)(C)CCC3(C)C)c1ccc(N(c3ccc(C(C)(C)C)cc3)c3ccc(C(C)(C)C)cc3)cc1-2. The van der Waals surface area contributed by atoms with Crippen LogP contribution in [-0.4, -0.2) is 6.85 Å². The van der Waals surface area contributed by atoms with Crippen LogP contribution in [0.1, 0.15) is 142 Å². The Bertz CT molecular complexity index is 3690. The van der Waals surface area contributed by atoms with Gasteiger partial charge >= 0.3 is 6.85 Å². The number of fused-ring (bicyclic) bond motifs is 7. The molecule has 9 aromatic rings. The Hall–Kier alpha value is -7.24. The van der Waals surface area contributed by atoms with E-state index in [-0.39, 0.29) is 33.9 Å². The van der Waals surface area contributed by atoms with E-state index in [1.54, 1.807) is 0 Å². The van der Waals surface area contributed by atoms with E-state index in [2.05, 4.69) is 281 Å². The predicted octanol–water partition coefficient (Wildman–Crippen LogP) is 18.7. The van der Waals surface area contributed by atoms with E-state index in [0.717, 1.165) is 52.2 Å². The second kappa shape index (κ2) is 17.9. The third-order valence-corrected chi connectivity index (χ3v) is 17.5. The lowest BCUT2D eigenvalue weighted by molar-refractivity contribution is 0.332. The zero-order chi connectivity index (χ0) is 54.1. The number of nitrogens with zero attached hydrogens (tertiary/aromatic N) is 3. The van der Waals surface area contributed by atoms with E-state index in [1.165, 1.54) is 83.7 Å². The lowest BCUT2D eigenvalue weighted by Crippen LogP contribution is -2.61. The fraction of sp³-hybridized carbons (Fsp3) is 0.306. The molecule has 3 aliphatic rings. The number of rotatable bonds is 7. The van der Waals surface area contributed by atoms with Crippen molar-refractivity contribution in [3.63, 3.8) is 0 Å². The molecule has 5 heteroatoms. The predicted molar refractivity (Wildman–Crippen MR) is 330 cm³/mol. The van der Waals surface area contributed by atoms with Crippen molar-refractivity contribution in [3.05, 3.63) is 209 Å². The van der Waals surface area contributed by atoms with Crippen LogP contribution in [0.2, 0.25) is 0 Å². The average molecular weight is 1010 g/mol. The van der Waals surface area contributed by atoms with Crippen LogP contribution in [0, 0.1) is 6.92 Å². The van der Waals surface area contributed by atoms with Crippen LogP contribution >= 0.6 is 0 Å². The highest BCUT2D eigenvalue weighted by atomic mass is 16.3. The van der Waals surface area contributed by atoms with Crippen molar-refractivity contribution in [2.45, 2.75) is 143 Å². The molecule has 2 aliphatic heterocycles. The van der Waals surface area contributed by atoms with E-state index >= 15 is 0 Å². The second-order valence-corrected chi connectivity index (χ2v) is 27.0. The number of benzene rings is 8. The Balaban J connectivity index is 1.13. The summed E-state index contributed by atoms with van der Waals surface area (Å²) in [7, 11) is 0. The minimum absolute atomic E-state index is 0.0113. The maximum atomic E-state index is 7.42. The Morgan fingerprint density at radius 2 is 1.10 bits per heavy atom. The number of hydrogen-bond acceptors (Lipinski definition) is 4. The summed E-state index contributed by atoms with van der Waals surface area (Å²) >= 11 is 0. The Kier molecular flexibility index (Phi) is 11.8. The molecule has 8 aromatic carbocycles. The van der Waals surface area contributed by atoms with Gasteiger partial charge in [0, 0.05) is 51.6 Å². The third kappa shape index (κ3) is 8.69. The van der Waals surface area contributed by atoms with Gasteiger partial charge in [0.1, 0.15) is 11.2 Å². The standard InChI is InChI=1S/C72H76BN3O/c1-46-40-59-58-43-54(75(52-30-26-49(27-31-52)68(2,3)4)53-32-28-50(29-33-53)69(5,6)7)35-37-62(58)76(55-34-36-60-61(44-55)72(13,14)39-38-71(60,11)12)73-65(59)63(41-46)74(66-56-22-18-19-23-64(56)77-67(66)73)45-48-24-25-51(70(8,9)10)42-57(48)47-20-16-15-17-21-47/h15-37,40-44H,38-39,45H2,1-14H3. The minimum atomic E-state index is -0.252. The fourth-order valence-corrected chi connectivity index (χ4v) is 12.8. The van der Waals surface area contributed by atoms with Crippen molar-refractivity contribution >= 4 is 68.8 Å². The topological polar surface area (TPSA) is 22.9 Å². The van der Waals surface area contributed by atoms with Gasteiger partial charge in [-0.2, -0.15) is 0 Å². The monoisotopic (exact) mass is 1010 g/mol. The molecule has 0 fully saturated rings. The van der Waals surface area contributed by atoms with Crippen molar-refractivity contribution in [3.8, 4) is 22.3 Å². The summed E-state index contributed by atoms with van der Waals surface area (Å²) in [5, 5.41) is 1.13. The Morgan fingerprint density at radius 1 is 0.519 bits per heavy atom. The first-order valence-corrected chi connectivity index (χ1v) is 28.2. The quantitative estimate of drug-likeness (QED) is 0.148. The molecule has 0 amide bonds. The molecule has 0 atom stereocenters. The zero-order valence-electron chi connectivity index (χ0n) is 48.1. The molecule has 4 nitrogen and oxygen atoms in total. The van der Waals surface area contributed by atoms with Crippen LogP contribution in [0.3, 0.4) is 0 Å². The van der Waals surface area contributed by atoms with Gasteiger partial charge in [-0.05, 0) is 181 Å². The highest BCUT2D eigenvalue weighted by molar-refractivity contribution is 6.93. The van der Waals surface area contributed by atoms with Crippen molar-refractivity contribution in [2.75, 3.05) is 14.6 Å². The van der Waals surface area contributed by atoms with Crippen molar-refractivity contribution < 1.29 is 4.42 Å². The third-order valence-electron chi connectivity index (χ3n) is 17.5. The maximum absolute atomic E-state index is 7.42. The van der Waals surface area contributed by atoms with Crippen LogP contribution in [-0.2, 0) is 33.6 Å². The largest absolute Gasteiger partial charge is 0.466 e. The summed E-state index contributed by atoms with van der Waals surface area (Å²) in [5.41, 5.74) is 25.7. The lowest BCUT2D eigenvalue weighted by atomic mass is 9.45. The number of furan rings is 1. The van der Waals surface area contributed by atoms with Crippen LogP contribution < -0.4 is 25.7 Å². The number of aryl methyl sites for hydroxylation is 1. The fourth-order valence-electron chi connectivity index (χ4n) is 12.8. The van der Waals surface area contributed by atoms with Gasteiger partial charge in [0.15, 0.2) is 0 Å². The van der Waals surface area contributed by atoms with E-state index in [0.29, 0.717) is 6.54 Å². The molecule has 0 unspecified atom stereocenters. The second-order valence-electron chi connectivity index (χ2n) is 27.0.